The summed E-state index contributed by atoms with van der Waals surface area (Å²) in [6.07, 6.45) is 3.53. The van der Waals surface area contributed by atoms with Crippen molar-refractivity contribution in [2.45, 2.75) is 64.4 Å². The molecule has 1 heterocycles. The number of benzene rings is 3. The van der Waals surface area contributed by atoms with Gasteiger partial charge in [-0.05, 0) is 75.1 Å². The van der Waals surface area contributed by atoms with Crippen LogP contribution in [0.1, 0.15) is 66.7 Å². The second-order valence-corrected chi connectivity index (χ2v) is 10.4. The van der Waals surface area contributed by atoms with E-state index in [1.165, 1.54) is 0 Å². The van der Waals surface area contributed by atoms with Crippen LogP contribution < -0.4 is 0 Å². The van der Waals surface area contributed by atoms with Crippen molar-refractivity contribution < 1.29 is 19.2 Å². The van der Waals surface area contributed by atoms with Gasteiger partial charge < -0.3 is 14.4 Å². The molecule has 0 saturated heterocycles. The molecule has 1 unspecified atom stereocenters. The van der Waals surface area contributed by atoms with Crippen LogP contribution in [0.2, 0.25) is 0 Å². The number of aliphatic hydroxyl groups excluding tert-OH is 1. The standard InChI is InChI=1S/C33H35NO4/c1-4-37-32(36)33(19-20-33)28-17-15-25(16-18-28)24-11-13-26(14-12-24)31-29(23(3)34-38-31)9-6-10-30(35)27-8-5-7-22(2)21-27/h5,7-8,11-18,21,30,35H,4,6,9-10,19-20H2,1-3H3. The Morgan fingerprint density at radius 1 is 1.00 bits per heavy atom. The fraction of sp³-hybridized carbons (Fsp3) is 0.333. The van der Waals surface area contributed by atoms with Crippen molar-refractivity contribution in [3.8, 4) is 22.5 Å². The first kappa shape index (κ1) is 25.9. The van der Waals surface area contributed by atoms with E-state index in [0.29, 0.717) is 13.0 Å². The number of aryl methyl sites for hydroxylation is 2. The van der Waals surface area contributed by atoms with E-state index in [2.05, 4.69) is 53.7 Å². The zero-order valence-corrected chi connectivity index (χ0v) is 22.4. The average molecular weight is 510 g/mol. The van der Waals surface area contributed by atoms with Gasteiger partial charge in [-0.1, -0.05) is 83.5 Å². The van der Waals surface area contributed by atoms with Crippen molar-refractivity contribution in [3.63, 3.8) is 0 Å². The molecule has 3 aromatic carbocycles. The lowest BCUT2D eigenvalue weighted by Crippen LogP contribution is -2.23. The zero-order valence-electron chi connectivity index (χ0n) is 22.4. The summed E-state index contributed by atoms with van der Waals surface area (Å²) in [6, 6.07) is 24.6. The molecular formula is C33H35NO4. The number of esters is 1. The summed E-state index contributed by atoms with van der Waals surface area (Å²) < 4.78 is 11.0. The number of hydrogen-bond acceptors (Lipinski definition) is 5. The van der Waals surface area contributed by atoms with Gasteiger partial charge in [-0.15, -0.1) is 0 Å². The zero-order chi connectivity index (χ0) is 26.7. The molecule has 0 bridgehead atoms. The van der Waals surface area contributed by atoms with Crippen LogP contribution in [-0.2, 0) is 21.4 Å². The highest BCUT2D eigenvalue weighted by Gasteiger charge is 2.52. The Bertz CT molecular complexity index is 1400. The van der Waals surface area contributed by atoms with Gasteiger partial charge in [-0.25, -0.2) is 0 Å². The molecule has 1 aromatic heterocycles. The van der Waals surface area contributed by atoms with Crippen LogP contribution in [0.15, 0.2) is 77.3 Å². The molecular weight excluding hydrogens is 474 g/mol. The Kier molecular flexibility index (Phi) is 7.48. The first-order chi connectivity index (χ1) is 18.4. The Morgan fingerprint density at radius 3 is 2.29 bits per heavy atom. The summed E-state index contributed by atoms with van der Waals surface area (Å²) in [5.41, 5.74) is 7.86. The number of rotatable bonds is 10. The van der Waals surface area contributed by atoms with Gasteiger partial charge in [-0.2, -0.15) is 0 Å². The predicted octanol–water partition coefficient (Wildman–Crippen LogP) is 7.28. The lowest BCUT2D eigenvalue weighted by molar-refractivity contribution is -0.146. The van der Waals surface area contributed by atoms with E-state index < -0.39 is 11.5 Å². The smallest absolute Gasteiger partial charge is 0.316 e. The maximum absolute atomic E-state index is 12.4. The molecule has 0 radical (unpaired) electrons. The van der Waals surface area contributed by atoms with Crippen LogP contribution in [0.5, 0.6) is 0 Å². The maximum Gasteiger partial charge on any atom is 0.316 e. The highest BCUT2D eigenvalue weighted by Crippen LogP contribution is 2.49. The molecule has 196 valence electrons. The van der Waals surface area contributed by atoms with Crippen LogP contribution in [0.3, 0.4) is 0 Å². The van der Waals surface area contributed by atoms with Crippen LogP contribution in [-0.4, -0.2) is 22.8 Å². The minimum atomic E-state index is -0.476. The largest absolute Gasteiger partial charge is 0.465 e. The van der Waals surface area contributed by atoms with Gasteiger partial charge in [0, 0.05) is 11.1 Å². The summed E-state index contributed by atoms with van der Waals surface area (Å²) in [6.45, 7) is 6.27. The fourth-order valence-electron chi connectivity index (χ4n) is 5.23. The van der Waals surface area contributed by atoms with Gasteiger partial charge in [0.15, 0.2) is 5.76 Å². The summed E-state index contributed by atoms with van der Waals surface area (Å²) >= 11 is 0. The van der Waals surface area contributed by atoms with Crippen molar-refractivity contribution >= 4 is 5.97 Å². The molecule has 1 aliphatic rings. The number of ether oxygens (including phenoxy) is 1. The molecule has 5 rings (SSSR count). The van der Waals surface area contributed by atoms with E-state index in [9.17, 15) is 9.90 Å². The van der Waals surface area contributed by atoms with Crippen molar-refractivity contribution in [1.29, 1.82) is 0 Å². The predicted molar refractivity (Wildman–Crippen MR) is 149 cm³/mol. The third kappa shape index (κ3) is 5.30. The molecule has 5 nitrogen and oxygen atoms in total. The third-order valence-electron chi connectivity index (χ3n) is 7.65. The van der Waals surface area contributed by atoms with Crippen LogP contribution in [0, 0.1) is 13.8 Å². The quantitative estimate of drug-likeness (QED) is 0.228. The molecule has 4 aromatic rings. The molecule has 0 aliphatic heterocycles. The summed E-state index contributed by atoms with van der Waals surface area (Å²) in [4.78, 5) is 12.4. The Balaban J connectivity index is 1.25. The van der Waals surface area contributed by atoms with Crippen molar-refractivity contribution in [2.24, 2.45) is 0 Å². The maximum atomic E-state index is 12.4. The minimum absolute atomic E-state index is 0.111. The van der Waals surface area contributed by atoms with Gasteiger partial charge in [0.25, 0.3) is 0 Å². The van der Waals surface area contributed by atoms with E-state index in [4.69, 9.17) is 9.26 Å². The minimum Gasteiger partial charge on any atom is -0.465 e. The molecule has 0 spiro atoms. The van der Waals surface area contributed by atoms with Gasteiger partial charge in [0.2, 0.25) is 0 Å². The molecule has 1 saturated carbocycles. The van der Waals surface area contributed by atoms with Crippen molar-refractivity contribution in [1.82, 2.24) is 5.16 Å². The first-order valence-corrected chi connectivity index (χ1v) is 13.5. The third-order valence-corrected chi connectivity index (χ3v) is 7.65. The van der Waals surface area contributed by atoms with E-state index >= 15 is 0 Å². The fourth-order valence-corrected chi connectivity index (χ4v) is 5.23. The van der Waals surface area contributed by atoms with Crippen LogP contribution in [0.4, 0.5) is 0 Å². The van der Waals surface area contributed by atoms with E-state index in [-0.39, 0.29) is 5.97 Å². The highest BCUT2D eigenvalue weighted by molar-refractivity contribution is 5.87. The van der Waals surface area contributed by atoms with Gasteiger partial charge in [0.05, 0.1) is 23.8 Å². The SMILES string of the molecule is CCOC(=O)C1(c2ccc(-c3ccc(-c4onc(C)c4CCCC(O)c4cccc(C)c4)cc3)cc2)CC1. The monoisotopic (exact) mass is 509 g/mol. The summed E-state index contributed by atoms with van der Waals surface area (Å²) in [5.74, 6) is 0.680. The van der Waals surface area contributed by atoms with Crippen molar-refractivity contribution in [2.75, 3.05) is 6.61 Å². The average Bonchev–Trinajstić information content (AvgIpc) is 3.67. The van der Waals surface area contributed by atoms with Crippen LogP contribution in [0.25, 0.3) is 22.5 Å². The number of carbonyl (C=O) groups is 1. The Hall–Kier alpha value is -3.70. The molecule has 5 heteroatoms. The lowest BCUT2D eigenvalue weighted by Gasteiger charge is -2.14. The Labute approximate surface area is 224 Å². The van der Waals surface area contributed by atoms with E-state index in [0.717, 1.165) is 76.1 Å². The molecule has 1 aliphatic carbocycles. The summed E-state index contributed by atoms with van der Waals surface area (Å²) in [7, 11) is 0. The highest BCUT2D eigenvalue weighted by atomic mass is 16.5. The number of aromatic nitrogens is 1. The molecule has 1 fully saturated rings. The second-order valence-electron chi connectivity index (χ2n) is 10.4. The second kappa shape index (κ2) is 11.0. The number of carbonyl (C=O) groups excluding carboxylic acids is 1. The number of hydrogen-bond donors (Lipinski definition) is 1. The number of nitrogens with zero attached hydrogens (tertiary/aromatic N) is 1. The number of aliphatic hydroxyl groups is 1. The molecule has 0 amide bonds. The van der Waals surface area contributed by atoms with E-state index in [1.807, 2.05) is 45.0 Å². The van der Waals surface area contributed by atoms with Gasteiger partial charge >= 0.3 is 5.97 Å². The van der Waals surface area contributed by atoms with E-state index in [1.54, 1.807) is 0 Å². The molecule has 38 heavy (non-hydrogen) atoms. The topological polar surface area (TPSA) is 72.6 Å². The van der Waals surface area contributed by atoms with Gasteiger partial charge in [-0.3, -0.25) is 4.79 Å². The molecule has 1 N–H and O–H groups in total. The van der Waals surface area contributed by atoms with Gasteiger partial charge in [0.1, 0.15) is 0 Å². The first-order valence-electron chi connectivity index (χ1n) is 13.5. The lowest BCUT2D eigenvalue weighted by atomic mass is 9.93. The Morgan fingerprint density at radius 2 is 1.66 bits per heavy atom. The van der Waals surface area contributed by atoms with Crippen LogP contribution >= 0.6 is 0 Å². The van der Waals surface area contributed by atoms with Crippen molar-refractivity contribution in [3.05, 3.63) is 101 Å². The normalized spacial score (nSPS) is 14.7. The summed E-state index contributed by atoms with van der Waals surface area (Å²) in [5, 5.41) is 14.9. The molecule has 1 atom stereocenters.